The molecule has 20 heteroatoms. The van der Waals surface area contributed by atoms with Crippen molar-refractivity contribution in [2.45, 2.75) is 130 Å². The monoisotopic (exact) mass is 1070 g/mol. The number of aryl methyl sites for hydroxylation is 4. The Labute approximate surface area is 447 Å². The summed E-state index contributed by atoms with van der Waals surface area (Å²) in [4.78, 5) is 140. The van der Waals surface area contributed by atoms with Gasteiger partial charge in [0.15, 0.2) is 0 Å². The Hall–Kier alpha value is -8.16. The van der Waals surface area contributed by atoms with Crippen LogP contribution in [0.15, 0.2) is 97.1 Å². The Balaban J connectivity index is 1.49. The van der Waals surface area contributed by atoms with Crippen molar-refractivity contribution in [2.75, 3.05) is 26.4 Å². The molecule has 0 saturated heterocycles. The number of unbranched alkanes of at least 4 members (excludes halogenated alkanes) is 8. The van der Waals surface area contributed by atoms with Crippen LogP contribution in [0.2, 0.25) is 0 Å². The van der Waals surface area contributed by atoms with Crippen molar-refractivity contribution in [1.82, 2.24) is 0 Å². The number of rotatable bonds is 28. The lowest BCUT2D eigenvalue weighted by Gasteiger charge is -2.30. The first-order valence-corrected chi connectivity index (χ1v) is 25.8. The van der Waals surface area contributed by atoms with E-state index in [2.05, 4.69) is 66.8 Å². The van der Waals surface area contributed by atoms with Crippen molar-refractivity contribution in [2.24, 2.45) is 5.41 Å². The van der Waals surface area contributed by atoms with E-state index in [4.69, 9.17) is 18.9 Å². The largest absolute Gasteiger partial charge is 0.549 e. The molecule has 0 saturated carbocycles. The number of hydrogen-bond acceptors (Lipinski definition) is 20. The van der Waals surface area contributed by atoms with Crippen LogP contribution in [-0.2, 0) is 83.7 Å². The maximum Gasteiger partial charge on any atom is 0.549 e. The number of carbonyl (C=O) groups excluding carboxylic acids is 8. The minimum absolute atomic E-state index is 0.0255. The van der Waals surface area contributed by atoms with E-state index in [9.17, 15) is 38.4 Å². The van der Waals surface area contributed by atoms with E-state index in [1.807, 2.05) is 0 Å². The van der Waals surface area contributed by atoms with Gasteiger partial charge in [-0.15, -0.1) is 0 Å². The molecule has 4 aromatic rings. The van der Waals surface area contributed by atoms with Crippen LogP contribution in [-0.4, -0.2) is 74.9 Å². The zero-order chi connectivity index (χ0) is 55.7. The lowest BCUT2D eigenvalue weighted by molar-refractivity contribution is -0.223. The van der Waals surface area contributed by atoms with Gasteiger partial charge in [0.05, 0.1) is 22.3 Å². The normalized spacial score (nSPS) is 10.8. The van der Waals surface area contributed by atoms with Gasteiger partial charge >= 0.3 is 48.5 Å². The Morgan fingerprint density at radius 2 is 0.481 bits per heavy atom. The predicted molar refractivity (Wildman–Crippen MR) is 273 cm³/mol. The van der Waals surface area contributed by atoms with Gasteiger partial charge in [-0.2, -0.15) is 19.2 Å². The lowest BCUT2D eigenvalue weighted by Crippen LogP contribution is -2.44. The standard InChI is InChI=1S/C57H68O20/c1-5-9-13-17-41-21-29-45(30-22-41)49(58)70-74-53(62)66-37-57(38-67-54(63)75-71-50(59)46-31-23-42(24-32-46)18-14-10-6-2,39-68-55(64)76-72-51(60)47-33-25-43(26-34-47)19-15-11-7-3)40-69-56(65)77-73-52(61)48-35-27-44(28-36-48)20-16-12-8-4/h21-36H,5-20,37-40H2,1-4H3. The third kappa shape index (κ3) is 23.5. The van der Waals surface area contributed by atoms with E-state index >= 15 is 0 Å². The highest BCUT2D eigenvalue weighted by Crippen LogP contribution is 2.24. The summed E-state index contributed by atoms with van der Waals surface area (Å²) in [5, 5.41) is 0. The van der Waals surface area contributed by atoms with E-state index < -0.39 is 80.3 Å². The lowest BCUT2D eigenvalue weighted by atomic mass is 9.92. The van der Waals surface area contributed by atoms with Gasteiger partial charge in [0.1, 0.15) is 31.8 Å². The molecule has 0 fully saturated rings. The van der Waals surface area contributed by atoms with Gasteiger partial charge < -0.3 is 18.9 Å². The molecule has 0 atom stereocenters. The summed E-state index contributed by atoms with van der Waals surface area (Å²) in [6.07, 6.45) is 8.50. The average Bonchev–Trinajstić information content (AvgIpc) is 3.45. The van der Waals surface area contributed by atoms with Gasteiger partial charge in [-0.1, -0.05) is 128 Å². The smallest absolute Gasteiger partial charge is 0.431 e. The second-order valence-corrected chi connectivity index (χ2v) is 18.1. The number of carbonyl (C=O) groups is 8. The molecule has 20 nitrogen and oxygen atoms in total. The molecule has 416 valence electrons. The highest BCUT2D eigenvalue weighted by Gasteiger charge is 2.40. The molecule has 4 aromatic carbocycles. The minimum Gasteiger partial charge on any atom is -0.431 e. The molecular formula is C57H68O20. The fraction of sp³-hybridized carbons (Fsp3) is 0.439. The van der Waals surface area contributed by atoms with Crippen molar-refractivity contribution in [3.63, 3.8) is 0 Å². The van der Waals surface area contributed by atoms with Gasteiger partial charge in [-0.25, -0.2) is 58.3 Å². The average molecular weight is 1070 g/mol. The van der Waals surface area contributed by atoms with Crippen LogP contribution in [0.5, 0.6) is 0 Å². The topological polar surface area (TPSA) is 247 Å². The molecule has 4 rings (SSSR count). The summed E-state index contributed by atoms with van der Waals surface area (Å²) < 4.78 is 20.7. The first-order valence-electron chi connectivity index (χ1n) is 25.8. The van der Waals surface area contributed by atoms with E-state index in [0.29, 0.717) is 0 Å². The summed E-state index contributed by atoms with van der Waals surface area (Å²) >= 11 is 0. The molecule has 0 aromatic heterocycles. The van der Waals surface area contributed by atoms with Gasteiger partial charge in [0, 0.05) is 0 Å². The van der Waals surface area contributed by atoms with Crippen molar-refractivity contribution in [3.05, 3.63) is 142 Å². The van der Waals surface area contributed by atoms with E-state index in [1.165, 1.54) is 48.5 Å². The Bertz CT molecular complexity index is 2120. The van der Waals surface area contributed by atoms with Crippen molar-refractivity contribution >= 4 is 48.5 Å². The molecule has 0 unspecified atom stereocenters. The van der Waals surface area contributed by atoms with E-state index in [-0.39, 0.29) is 22.3 Å². The molecule has 0 spiro atoms. The number of benzene rings is 4. The molecule has 0 heterocycles. The second-order valence-electron chi connectivity index (χ2n) is 18.1. The molecule has 0 aliphatic heterocycles. The first-order chi connectivity index (χ1) is 37.3. The SMILES string of the molecule is CCCCCc1ccc(C(=O)OOC(=O)OCC(COC(=O)OOC(=O)c2ccc(CCCCC)cc2)(COC(=O)OOC(=O)c2ccc(CCCCC)cc2)COC(=O)OOC(=O)c2ccc(CCCCC)cc2)cc1. The maximum absolute atomic E-state index is 12.9. The summed E-state index contributed by atoms with van der Waals surface area (Å²) in [5.74, 6) is -4.32. The van der Waals surface area contributed by atoms with Crippen molar-refractivity contribution in [3.8, 4) is 0 Å². The molecular weight excluding hydrogens is 1000 g/mol. The molecule has 77 heavy (non-hydrogen) atoms. The van der Waals surface area contributed by atoms with Crippen LogP contribution in [0, 0.1) is 5.41 Å². The van der Waals surface area contributed by atoms with E-state index in [1.54, 1.807) is 48.5 Å². The van der Waals surface area contributed by atoms with Gasteiger partial charge in [0.2, 0.25) is 0 Å². The van der Waals surface area contributed by atoms with Crippen LogP contribution < -0.4 is 0 Å². The Kier molecular flexibility index (Phi) is 27.4. The van der Waals surface area contributed by atoms with Crippen LogP contribution in [0.3, 0.4) is 0 Å². The zero-order valence-electron chi connectivity index (χ0n) is 44.0. The van der Waals surface area contributed by atoms with Crippen molar-refractivity contribution < 1.29 is 96.4 Å². The van der Waals surface area contributed by atoms with E-state index in [0.717, 1.165) is 125 Å². The fourth-order valence-electron chi connectivity index (χ4n) is 7.22. The Morgan fingerprint density at radius 3 is 0.662 bits per heavy atom. The maximum atomic E-state index is 12.9. The summed E-state index contributed by atoms with van der Waals surface area (Å²) in [7, 11) is 0. The van der Waals surface area contributed by atoms with Crippen LogP contribution in [0.1, 0.15) is 168 Å². The Morgan fingerprint density at radius 1 is 0.286 bits per heavy atom. The highest BCUT2D eigenvalue weighted by atomic mass is 17.3. The minimum atomic E-state index is -2.24. The quantitative estimate of drug-likeness (QED) is 0.0169. The highest BCUT2D eigenvalue weighted by molar-refractivity contribution is 5.91. The molecule has 0 amide bonds. The molecule has 0 aliphatic rings. The third-order valence-electron chi connectivity index (χ3n) is 11.8. The van der Waals surface area contributed by atoms with Crippen LogP contribution in [0.4, 0.5) is 19.2 Å². The third-order valence-corrected chi connectivity index (χ3v) is 11.8. The number of ether oxygens (including phenoxy) is 4. The first kappa shape index (κ1) is 61.4. The van der Waals surface area contributed by atoms with Gasteiger partial charge in [-0.3, -0.25) is 0 Å². The predicted octanol–water partition coefficient (Wildman–Crippen LogP) is 12.6. The fourth-order valence-corrected chi connectivity index (χ4v) is 7.22. The van der Waals surface area contributed by atoms with Gasteiger partial charge in [0.25, 0.3) is 0 Å². The molecule has 0 N–H and O–H groups in total. The molecule has 0 aliphatic carbocycles. The molecule has 0 radical (unpaired) electrons. The van der Waals surface area contributed by atoms with Gasteiger partial charge in [-0.05, 0) is 122 Å². The zero-order valence-corrected chi connectivity index (χ0v) is 44.0. The van der Waals surface area contributed by atoms with Crippen LogP contribution in [0.25, 0.3) is 0 Å². The van der Waals surface area contributed by atoms with Crippen molar-refractivity contribution in [1.29, 1.82) is 0 Å². The summed E-state index contributed by atoms with van der Waals surface area (Å²) in [6.45, 7) is 3.99. The summed E-state index contributed by atoms with van der Waals surface area (Å²) in [6, 6.07) is 25.5. The van der Waals surface area contributed by atoms with Crippen LogP contribution >= 0.6 is 0 Å². The second kappa shape index (κ2) is 34.4. The molecule has 0 bridgehead atoms. The number of hydrogen-bond donors (Lipinski definition) is 0. The summed E-state index contributed by atoms with van der Waals surface area (Å²) in [5.41, 5.74) is 1.75.